The SMILES string of the molecule is Cc1occc1-c1nc(-c2ccc(CN)cc2)cs1. The Morgan fingerprint density at radius 2 is 2.00 bits per heavy atom. The van der Waals surface area contributed by atoms with Crippen molar-refractivity contribution in [3.05, 3.63) is 53.3 Å². The van der Waals surface area contributed by atoms with Crippen LogP contribution in [0.25, 0.3) is 21.8 Å². The molecule has 0 aliphatic carbocycles. The number of hydrogen-bond acceptors (Lipinski definition) is 4. The summed E-state index contributed by atoms with van der Waals surface area (Å²) in [7, 11) is 0. The number of thiazole rings is 1. The minimum Gasteiger partial charge on any atom is -0.469 e. The van der Waals surface area contributed by atoms with Gasteiger partial charge in [-0.3, -0.25) is 0 Å². The smallest absolute Gasteiger partial charge is 0.127 e. The summed E-state index contributed by atoms with van der Waals surface area (Å²) in [6.07, 6.45) is 1.70. The number of hydrogen-bond donors (Lipinski definition) is 1. The number of aromatic nitrogens is 1. The molecule has 0 amide bonds. The van der Waals surface area contributed by atoms with Gasteiger partial charge in [0.25, 0.3) is 0 Å². The molecule has 0 atom stereocenters. The maximum Gasteiger partial charge on any atom is 0.127 e. The van der Waals surface area contributed by atoms with Gasteiger partial charge in [0.15, 0.2) is 0 Å². The van der Waals surface area contributed by atoms with Crippen LogP contribution in [-0.4, -0.2) is 4.98 Å². The molecule has 0 spiro atoms. The lowest BCUT2D eigenvalue weighted by atomic mass is 10.1. The summed E-state index contributed by atoms with van der Waals surface area (Å²) < 4.78 is 5.32. The van der Waals surface area contributed by atoms with Crippen LogP contribution in [0, 0.1) is 6.92 Å². The van der Waals surface area contributed by atoms with Crippen molar-refractivity contribution in [2.24, 2.45) is 5.73 Å². The van der Waals surface area contributed by atoms with Gasteiger partial charge in [0.2, 0.25) is 0 Å². The summed E-state index contributed by atoms with van der Waals surface area (Å²) in [6, 6.07) is 10.1. The van der Waals surface area contributed by atoms with E-state index in [0.29, 0.717) is 6.54 Å². The first-order valence-electron chi connectivity index (χ1n) is 6.07. The van der Waals surface area contributed by atoms with Crippen molar-refractivity contribution in [3.8, 4) is 21.8 Å². The molecular formula is C15H14N2OS. The molecule has 19 heavy (non-hydrogen) atoms. The molecule has 4 heteroatoms. The number of rotatable bonds is 3. The van der Waals surface area contributed by atoms with Crippen LogP contribution in [0.1, 0.15) is 11.3 Å². The Labute approximate surface area is 115 Å². The van der Waals surface area contributed by atoms with Crippen molar-refractivity contribution in [3.63, 3.8) is 0 Å². The van der Waals surface area contributed by atoms with Crippen molar-refractivity contribution in [2.45, 2.75) is 13.5 Å². The summed E-state index contributed by atoms with van der Waals surface area (Å²) in [5.41, 5.74) is 9.90. The van der Waals surface area contributed by atoms with Gasteiger partial charge in [-0.15, -0.1) is 11.3 Å². The van der Waals surface area contributed by atoms with E-state index in [-0.39, 0.29) is 0 Å². The average molecular weight is 270 g/mol. The molecule has 3 nitrogen and oxygen atoms in total. The van der Waals surface area contributed by atoms with E-state index in [1.807, 2.05) is 25.1 Å². The Hall–Kier alpha value is -1.91. The van der Waals surface area contributed by atoms with E-state index >= 15 is 0 Å². The quantitative estimate of drug-likeness (QED) is 0.786. The average Bonchev–Trinajstić information content (AvgIpc) is 3.07. The zero-order chi connectivity index (χ0) is 13.2. The molecule has 0 aliphatic heterocycles. The first-order chi connectivity index (χ1) is 9.28. The minimum absolute atomic E-state index is 0.566. The second kappa shape index (κ2) is 4.99. The maximum absolute atomic E-state index is 5.60. The summed E-state index contributed by atoms with van der Waals surface area (Å²) in [4.78, 5) is 4.67. The topological polar surface area (TPSA) is 52.0 Å². The molecular weight excluding hydrogens is 256 g/mol. The van der Waals surface area contributed by atoms with Crippen molar-refractivity contribution in [1.82, 2.24) is 4.98 Å². The van der Waals surface area contributed by atoms with Crippen LogP contribution in [-0.2, 0) is 6.54 Å². The van der Waals surface area contributed by atoms with Crippen LogP contribution in [0.15, 0.2) is 46.4 Å². The fourth-order valence-electron chi connectivity index (χ4n) is 1.95. The molecule has 0 saturated carbocycles. The second-order valence-corrected chi connectivity index (χ2v) is 5.19. The Bertz CT molecular complexity index is 682. The van der Waals surface area contributed by atoms with E-state index in [1.54, 1.807) is 17.6 Å². The summed E-state index contributed by atoms with van der Waals surface area (Å²) in [5.74, 6) is 0.902. The predicted octanol–water partition coefficient (Wildman–Crippen LogP) is 3.84. The van der Waals surface area contributed by atoms with Crippen molar-refractivity contribution >= 4 is 11.3 Å². The zero-order valence-electron chi connectivity index (χ0n) is 10.6. The van der Waals surface area contributed by atoms with E-state index in [1.165, 1.54) is 0 Å². The summed E-state index contributed by atoms with van der Waals surface area (Å²) in [6.45, 7) is 2.52. The molecule has 2 N–H and O–H groups in total. The largest absolute Gasteiger partial charge is 0.469 e. The van der Waals surface area contributed by atoms with Gasteiger partial charge < -0.3 is 10.2 Å². The fraction of sp³-hybridized carbons (Fsp3) is 0.133. The molecule has 0 unspecified atom stereocenters. The number of furan rings is 1. The highest BCUT2D eigenvalue weighted by Gasteiger charge is 2.10. The number of aryl methyl sites for hydroxylation is 1. The fourth-order valence-corrected chi connectivity index (χ4v) is 2.85. The zero-order valence-corrected chi connectivity index (χ0v) is 11.4. The standard InChI is InChI=1S/C15H14N2OS/c1-10-13(6-7-18-10)15-17-14(9-19-15)12-4-2-11(8-16)3-5-12/h2-7,9H,8,16H2,1H3. The Kier molecular flexibility index (Phi) is 3.19. The van der Waals surface area contributed by atoms with Crippen molar-refractivity contribution < 1.29 is 4.42 Å². The van der Waals surface area contributed by atoms with E-state index in [0.717, 1.165) is 33.2 Å². The molecule has 3 aromatic rings. The van der Waals surface area contributed by atoms with Crippen LogP contribution < -0.4 is 5.73 Å². The molecule has 1 aromatic carbocycles. The summed E-state index contributed by atoms with van der Waals surface area (Å²) >= 11 is 1.63. The second-order valence-electron chi connectivity index (χ2n) is 4.33. The highest BCUT2D eigenvalue weighted by atomic mass is 32.1. The lowest BCUT2D eigenvalue weighted by Gasteiger charge is -1.99. The lowest BCUT2D eigenvalue weighted by molar-refractivity contribution is 0.535. The van der Waals surface area contributed by atoms with Gasteiger partial charge in [-0.25, -0.2) is 4.98 Å². The first-order valence-corrected chi connectivity index (χ1v) is 6.95. The normalized spacial score (nSPS) is 10.8. The van der Waals surface area contributed by atoms with Gasteiger partial charge >= 0.3 is 0 Å². The molecule has 0 bridgehead atoms. The van der Waals surface area contributed by atoms with Crippen LogP contribution in [0.4, 0.5) is 0 Å². The molecule has 2 heterocycles. The Morgan fingerprint density at radius 3 is 2.63 bits per heavy atom. The number of benzene rings is 1. The molecule has 3 rings (SSSR count). The van der Waals surface area contributed by atoms with Crippen molar-refractivity contribution in [1.29, 1.82) is 0 Å². The molecule has 0 radical (unpaired) electrons. The number of nitrogens with zero attached hydrogens (tertiary/aromatic N) is 1. The monoisotopic (exact) mass is 270 g/mol. The summed E-state index contributed by atoms with van der Waals surface area (Å²) in [5, 5.41) is 3.06. The Balaban J connectivity index is 1.94. The maximum atomic E-state index is 5.60. The van der Waals surface area contributed by atoms with Gasteiger partial charge in [0, 0.05) is 17.5 Å². The van der Waals surface area contributed by atoms with Crippen LogP contribution >= 0.6 is 11.3 Å². The van der Waals surface area contributed by atoms with Gasteiger partial charge in [0.05, 0.1) is 17.5 Å². The first kappa shape index (κ1) is 12.1. The number of nitrogens with two attached hydrogens (primary N) is 1. The van der Waals surface area contributed by atoms with Gasteiger partial charge in [-0.2, -0.15) is 0 Å². The molecule has 2 aromatic heterocycles. The highest BCUT2D eigenvalue weighted by Crippen LogP contribution is 2.31. The van der Waals surface area contributed by atoms with E-state index in [4.69, 9.17) is 10.2 Å². The highest BCUT2D eigenvalue weighted by molar-refractivity contribution is 7.13. The molecule has 96 valence electrons. The third-order valence-electron chi connectivity index (χ3n) is 3.08. The molecule has 0 aliphatic rings. The van der Waals surface area contributed by atoms with Crippen LogP contribution in [0.3, 0.4) is 0 Å². The lowest BCUT2D eigenvalue weighted by Crippen LogP contribution is -1.95. The van der Waals surface area contributed by atoms with Gasteiger partial charge in [0.1, 0.15) is 10.8 Å². The van der Waals surface area contributed by atoms with E-state index < -0.39 is 0 Å². The van der Waals surface area contributed by atoms with Gasteiger partial charge in [-0.1, -0.05) is 24.3 Å². The third-order valence-corrected chi connectivity index (χ3v) is 3.95. The predicted molar refractivity (Wildman–Crippen MR) is 77.9 cm³/mol. The van der Waals surface area contributed by atoms with Crippen LogP contribution in [0.5, 0.6) is 0 Å². The van der Waals surface area contributed by atoms with E-state index in [9.17, 15) is 0 Å². The minimum atomic E-state index is 0.566. The van der Waals surface area contributed by atoms with E-state index in [2.05, 4.69) is 22.5 Å². The Morgan fingerprint density at radius 1 is 1.21 bits per heavy atom. The molecule has 0 saturated heterocycles. The van der Waals surface area contributed by atoms with Gasteiger partial charge in [-0.05, 0) is 18.6 Å². The third kappa shape index (κ3) is 2.32. The van der Waals surface area contributed by atoms with Crippen molar-refractivity contribution in [2.75, 3.05) is 0 Å². The van der Waals surface area contributed by atoms with Crippen LogP contribution in [0.2, 0.25) is 0 Å². The molecule has 0 fully saturated rings.